The number of carbonyl (C=O) groups excluding carboxylic acids is 4. The molecule has 3 amide bonds. The zero-order valence-electron chi connectivity index (χ0n) is 27.8. The van der Waals surface area contributed by atoms with Gasteiger partial charge in [-0.05, 0) is 48.6 Å². The van der Waals surface area contributed by atoms with Crippen molar-refractivity contribution < 1.29 is 33.8 Å². The van der Waals surface area contributed by atoms with Gasteiger partial charge in [0.2, 0.25) is 11.8 Å². The molecule has 1 spiro atoms. The summed E-state index contributed by atoms with van der Waals surface area (Å²) in [6.45, 7) is 13.0. The largest absolute Gasteiger partial charge is 0.460 e. The molecule has 48 heavy (non-hydrogen) atoms. The van der Waals surface area contributed by atoms with E-state index in [1.54, 1.807) is 24.0 Å². The maximum Gasteiger partial charge on any atom is 0.312 e. The summed E-state index contributed by atoms with van der Waals surface area (Å²) in [5.41, 5.74) is -0.700. The van der Waals surface area contributed by atoms with E-state index in [4.69, 9.17) is 9.47 Å². The molecule has 11 heteroatoms. The van der Waals surface area contributed by atoms with Gasteiger partial charge in [0.25, 0.3) is 5.91 Å². The smallest absolute Gasteiger partial charge is 0.312 e. The first kappa shape index (κ1) is 35.8. The lowest BCUT2D eigenvalue weighted by Crippen LogP contribution is -2.60. The molecule has 0 aliphatic carbocycles. The molecule has 3 heterocycles. The number of fused-ring (bicyclic) bond motifs is 2. The number of rotatable bonds is 15. The van der Waals surface area contributed by atoms with Crippen LogP contribution >= 0.6 is 15.9 Å². The summed E-state index contributed by atoms with van der Waals surface area (Å²) in [6.07, 6.45) is 3.71. The Morgan fingerprint density at radius 1 is 1.19 bits per heavy atom. The van der Waals surface area contributed by atoms with Crippen LogP contribution in [0.1, 0.15) is 46.5 Å². The van der Waals surface area contributed by atoms with E-state index in [-0.39, 0.29) is 48.7 Å². The SMILES string of the molecule is C=CCCC(=O)NC[C@@H](C)OC(=O)[C@H]1[C@@H]2O[C@@]3(CC2Br)[C@@H]1C(=O)N([C@@H](CO)[C@@H](C)CC)[C@@H]3C(=O)N(CC=C)c1ccc2ccccc2c1. The van der Waals surface area contributed by atoms with Crippen molar-refractivity contribution in [3.05, 3.63) is 67.8 Å². The highest BCUT2D eigenvalue weighted by Crippen LogP contribution is 2.61. The first-order chi connectivity index (χ1) is 23.0. The van der Waals surface area contributed by atoms with Crippen LogP contribution in [-0.4, -0.2) is 88.1 Å². The Labute approximate surface area is 290 Å². The quantitative estimate of drug-likeness (QED) is 0.157. The molecule has 9 atom stereocenters. The fourth-order valence-corrected chi connectivity index (χ4v) is 8.57. The number of nitrogens with one attached hydrogen (secondary N) is 1. The van der Waals surface area contributed by atoms with Gasteiger partial charge < -0.3 is 29.7 Å². The molecular weight excluding hydrogens is 678 g/mol. The number of aliphatic hydroxyl groups excluding tert-OH is 1. The average Bonchev–Trinajstić information content (AvgIpc) is 3.68. The molecule has 3 fully saturated rings. The molecule has 2 aromatic carbocycles. The predicted molar refractivity (Wildman–Crippen MR) is 187 cm³/mol. The number of carbonyl (C=O) groups is 4. The molecular formula is C37H46BrN3O7. The van der Waals surface area contributed by atoms with Gasteiger partial charge in [-0.3, -0.25) is 19.2 Å². The zero-order valence-corrected chi connectivity index (χ0v) is 29.4. The van der Waals surface area contributed by atoms with Crippen molar-refractivity contribution >= 4 is 56.1 Å². The number of benzene rings is 2. The Hall–Kier alpha value is -3.54. The van der Waals surface area contributed by atoms with Gasteiger partial charge in [-0.1, -0.05) is 78.7 Å². The Bertz CT molecular complexity index is 1570. The van der Waals surface area contributed by atoms with Gasteiger partial charge in [-0.25, -0.2) is 0 Å². The standard InChI is InChI=1S/C37H46BrN3O7/c1-6-9-14-29(43)39-20-23(5)47-36(46)30-31-34(44)41(28(21-42)22(4)8-3)33(37(31)19-27(38)32(30)48-37)35(45)40(17-7-2)26-16-15-24-12-10-11-13-25(24)18-26/h6-7,10-13,15-16,18,22-23,27-28,30-33,42H,1-2,8-9,14,17,19-21H2,3-5H3,(H,39,43)/t22-,23+,27?,28-,30+,31-,32+,33+,37-/m0/s1. The van der Waals surface area contributed by atoms with E-state index in [1.807, 2.05) is 56.3 Å². The van der Waals surface area contributed by atoms with Crippen molar-refractivity contribution in [1.29, 1.82) is 0 Å². The number of aliphatic hydroxyl groups is 1. The van der Waals surface area contributed by atoms with Crippen LogP contribution in [0.3, 0.4) is 0 Å². The lowest BCUT2D eigenvalue weighted by molar-refractivity contribution is -0.160. The van der Waals surface area contributed by atoms with E-state index in [9.17, 15) is 19.5 Å². The Balaban J connectivity index is 1.51. The fourth-order valence-electron chi connectivity index (χ4n) is 7.63. The van der Waals surface area contributed by atoms with Crippen LogP contribution in [0.15, 0.2) is 67.8 Å². The Morgan fingerprint density at radius 3 is 2.58 bits per heavy atom. The molecule has 3 saturated heterocycles. The molecule has 2 bridgehead atoms. The third-order valence-corrected chi connectivity index (χ3v) is 11.0. The van der Waals surface area contributed by atoms with E-state index >= 15 is 4.79 Å². The molecule has 0 aromatic heterocycles. The number of anilines is 1. The van der Waals surface area contributed by atoms with Gasteiger partial charge >= 0.3 is 5.97 Å². The van der Waals surface area contributed by atoms with E-state index in [0.717, 1.165) is 10.8 Å². The highest BCUT2D eigenvalue weighted by Gasteiger charge is 2.77. The molecule has 0 radical (unpaired) electrons. The minimum atomic E-state index is -1.34. The van der Waals surface area contributed by atoms with Crippen molar-refractivity contribution in [3.8, 4) is 0 Å². The molecule has 2 N–H and O–H groups in total. The molecule has 5 rings (SSSR count). The summed E-state index contributed by atoms with van der Waals surface area (Å²) >= 11 is 3.71. The number of halogens is 1. The third-order valence-electron chi connectivity index (χ3n) is 10.2. The number of allylic oxidation sites excluding steroid dienone is 1. The summed E-state index contributed by atoms with van der Waals surface area (Å²) in [6, 6.07) is 11.8. The lowest BCUT2D eigenvalue weighted by atomic mass is 9.70. The highest BCUT2D eigenvalue weighted by molar-refractivity contribution is 9.09. The normalized spacial score (nSPS) is 27.6. The van der Waals surface area contributed by atoms with Crippen LogP contribution in [0, 0.1) is 17.8 Å². The van der Waals surface area contributed by atoms with Crippen molar-refractivity contribution in [2.45, 2.75) is 81.2 Å². The minimum absolute atomic E-state index is 0.109. The molecule has 258 valence electrons. The fraction of sp³-hybridized carbons (Fsp3) is 0.514. The van der Waals surface area contributed by atoms with E-state index < -0.39 is 53.6 Å². The van der Waals surface area contributed by atoms with Crippen molar-refractivity contribution in [3.63, 3.8) is 0 Å². The van der Waals surface area contributed by atoms with Crippen molar-refractivity contribution in [2.24, 2.45) is 17.8 Å². The number of amides is 3. The number of ether oxygens (including phenoxy) is 2. The van der Waals surface area contributed by atoms with E-state index in [0.29, 0.717) is 24.9 Å². The molecule has 3 aliphatic heterocycles. The number of nitrogens with zero attached hydrogens (tertiary/aromatic N) is 2. The summed E-state index contributed by atoms with van der Waals surface area (Å²) in [7, 11) is 0. The van der Waals surface area contributed by atoms with E-state index in [2.05, 4.69) is 34.4 Å². The third kappa shape index (κ3) is 6.44. The second-order valence-electron chi connectivity index (χ2n) is 13.2. The van der Waals surface area contributed by atoms with Crippen molar-refractivity contribution in [2.75, 3.05) is 24.6 Å². The summed E-state index contributed by atoms with van der Waals surface area (Å²) in [5, 5.41) is 15.4. The highest BCUT2D eigenvalue weighted by atomic mass is 79.9. The van der Waals surface area contributed by atoms with Crippen LogP contribution in [-0.2, 0) is 28.7 Å². The van der Waals surface area contributed by atoms with Crippen LogP contribution < -0.4 is 10.2 Å². The summed E-state index contributed by atoms with van der Waals surface area (Å²) in [5.74, 6) is -3.70. The van der Waals surface area contributed by atoms with Crippen molar-refractivity contribution in [1.82, 2.24) is 10.2 Å². The first-order valence-electron chi connectivity index (χ1n) is 16.8. The number of hydrogen-bond donors (Lipinski definition) is 2. The maximum atomic E-state index is 15.0. The topological polar surface area (TPSA) is 125 Å². The lowest BCUT2D eigenvalue weighted by Gasteiger charge is -2.41. The molecule has 0 saturated carbocycles. The van der Waals surface area contributed by atoms with Crippen LogP contribution in [0.25, 0.3) is 10.8 Å². The number of likely N-dealkylation sites (tertiary alicyclic amines) is 1. The Morgan fingerprint density at radius 2 is 1.92 bits per heavy atom. The van der Waals surface area contributed by atoms with Crippen LogP contribution in [0.5, 0.6) is 0 Å². The molecule has 10 nitrogen and oxygen atoms in total. The minimum Gasteiger partial charge on any atom is -0.460 e. The predicted octanol–water partition coefficient (Wildman–Crippen LogP) is 4.53. The monoisotopic (exact) mass is 723 g/mol. The molecule has 3 aliphatic rings. The van der Waals surface area contributed by atoms with Crippen LogP contribution in [0.4, 0.5) is 5.69 Å². The number of alkyl halides is 1. The zero-order chi connectivity index (χ0) is 34.7. The summed E-state index contributed by atoms with van der Waals surface area (Å²) in [4.78, 5) is 58.5. The Kier molecular flexibility index (Phi) is 11.1. The maximum absolute atomic E-state index is 15.0. The number of esters is 1. The summed E-state index contributed by atoms with van der Waals surface area (Å²) < 4.78 is 12.5. The second-order valence-corrected chi connectivity index (χ2v) is 14.4. The van der Waals surface area contributed by atoms with E-state index in [1.165, 1.54) is 4.90 Å². The van der Waals surface area contributed by atoms with Crippen LogP contribution in [0.2, 0.25) is 0 Å². The molecule has 1 unspecified atom stereocenters. The van der Waals surface area contributed by atoms with Gasteiger partial charge in [-0.2, -0.15) is 0 Å². The number of hydrogen-bond acceptors (Lipinski definition) is 7. The first-order valence-corrected chi connectivity index (χ1v) is 17.7. The van der Waals surface area contributed by atoms with Gasteiger partial charge in [-0.15, -0.1) is 13.2 Å². The molecule has 2 aromatic rings. The van der Waals surface area contributed by atoms with Gasteiger partial charge in [0.05, 0.1) is 37.1 Å². The van der Waals surface area contributed by atoms with Gasteiger partial charge in [0.1, 0.15) is 17.7 Å². The van der Waals surface area contributed by atoms with Gasteiger partial charge in [0.15, 0.2) is 0 Å². The average molecular weight is 725 g/mol. The van der Waals surface area contributed by atoms with Gasteiger partial charge in [0, 0.05) is 23.5 Å². The second kappa shape index (κ2) is 14.9.